The van der Waals surface area contributed by atoms with Gasteiger partial charge in [-0.05, 0) is 93.6 Å². The third-order valence-corrected chi connectivity index (χ3v) is 17.6. The van der Waals surface area contributed by atoms with Crippen molar-refractivity contribution in [3.8, 4) is 5.75 Å². The Hall–Kier alpha value is -4.06. The number of carbonyl (C=O) groups excluding carboxylic acids is 2. The quantitative estimate of drug-likeness (QED) is 0.0813. The number of phenolic OH excluding ortho intramolecular Hbond substituents is 1. The highest BCUT2D eigenvalue weighted by Crippen LogP contribution is 2.51. The van der Waals surface area contributed by atoms with Crippen molar-refractivity contribution in [1.82, 2.24) is 4.90 Å². The minimum Gasteiger partial charge on any atom is -0.508 e. The average molecular weight is 774 g/mol. The average Bonchev–Trinajstić information content (AvgIpc) is 3.77. The van der Waals surface area contributed by atoms with Gasteiger partial charge in [-0.25, -0.2) is 0 Å². The van der Waals surface area contributed by atoms with Gasteiger partial charge in [0.15, 0.2) is 0 Å². The first-order valence-electron chi connectivity index (χ1n) is 19.7. The fourth-order valence-electron chi connectivity index (χ4n) is 9.39. The van der Waals surface area contributed by atoms with E-state index in [1.54, 1.807) is 23.5 Å². The molecule has 1 aliphatic carbocycles. The van der Waals surface area contributed by atoms with Gasteiger partial charge in [0.1, 0.15) is 5.75 Å². The normalized spacial score (nSPS) is 21.9. The van der Waals surface area contributed by atoms with Gasteiger partial charge >= 0.3 is 7.12 Å². The lowest BCUT2D eigenvalue weighted by Crippen LogP contribution is -2.66. The zero-order valence-corrected chi connectivity index (χ0v) is 34.1. The summed E-state index contributed by atoms with van der Waals surface area (Å²) < 4.78 is 14.0. The van der Waals surface area contributed by atoms with Gasteiger partial charge in [0.2, 0.25) is 11.8 Å². The van der Waals surface area contributed by atoms with Crippen molar-refractivity contribution < 1.29 is 28.8 Å². The fraction of sp³-hybridized carbons (Fsp3) is 0.378. The van der Waals surface area contributed by atoms with Gasteiger partial charge in [0, 0.05) is 4.88 Å². The molecule has 0 saturated carbocycles. The number of aromatic hydroxyl groups is 1. The lowest BCUT2D eigenvalue weighted by Gasteiger charge is -2.46. The van der Waals surface area contributed by atoms with Crippen LogP contribution in [-0.4, -0.2) is 55.0 Å². The molecule has 2 saturated heterocycles. The van der Waals surface area contributed by atoms with E-state index in [1.807, 2.05) is 41.8 Å². The van der Waals surface area contributed by atoms with Crippen molar-refractivity contribution in [3.63, 3.8) is 0 Å². The van der Waals surface area contributed by atoms with Crippen LogP contribution in [-0.2, 0) is 25.2 Å². The SMILES string of the molecule is CCC/C(=C\c1cccc(O)c1)CC[C@H]1OB(O)C[C@H]2C1=C(CO[Si](c1ccccc1)(c1ccccc1)C(C)(C)C)C[C@H]1C(=O)N(Cc3cccs3)C(=O)[C@H]12. The van der Waals surface area contributed by atoms with Crippen LogP contribution < -0.4 is 10.4 Å². The summed E-state index contributed by atoms with van der Waals surface area (Å²) in [4.78, 5) is 31.1. The topological polar surface area (TPSA) is 96.3 Å². The number of carbonyl (C=O) groups is 2. The summed E-state index contributed by atoms with van der Waals surface area (Å²) in [7, 11) is -4.02. The number of amides is 2. The van der Waals surface area contributed by atoms with E-state index in [-0.39, 0.29) is 41.4 Å². The van der Waals surface area contributed by atoms with E-state index in [2.05, 4.69) is 82.3 Å². The summed E-state index contributed by atoms with van der Waals surface area (Å²) >= 11 is 1.54. The van der Waals surface area contributed by atoms with Gasteiger partial charge in [0.05, 0.1) is 31.1 Å². The summed E-state index contributed by atoms with van der Waals surface area (Å²) in [5.74, 6) is -1.49. The Morgan fingerprint density at radius 2 is 1.65 bits per heavy atom. The molecule has 3 heterocycles. The maximum Gasteiger partial charge on any atom is 0.455 e. The van der Waals surface area contributed by atoms with E-state index in [4.69, 9.17) is 9.08 Å². The number of allylic oxidation sites excluding steroid dienone is 1. The number of fused-ring (bicyclic) bond motifs is 3. The van der Waals surface area contributed by atoms with E-state index in [1.165, 1.54) is 20.8 Å². The molecule has 3 aliphatic rings. The molecular weight excluding hydrogens is 721 g/mol. The third kappa shape index (κ3) is 7.98. The van der Waals surface area contributed by atoms with E-state index in [0.29, 0.717) is 25.9 Å². The molecule has 2 aliphatic heterocycles. The molecule has 1 aromatic heterocycles. The number of thiophene rings is 1. The largest absolute Gasteiger partial charge is 0.508 e. The smallest absolute Gasteiger partial charge is 0.455 e. The van der Waals surface area contributed by atoms with Crippen molar-refractivity contribution in [2.24, 2.45) is 17.8 Å². The highest BCUT2D eigenvalue weighted by Gasteiger charge is 2.58. The Morgan fingerprint density at radius 1 is 0.945 bits per heavy atom. The Kier molecular flexibility index (Phi) is 11.8. The second kappa shape index (κ2) is 16.6. The lowest BCUT2D eigenvalue weighted by atomic mass is 9.58. The van der Waals surface area contributed by atoms with Crippen LogP contribution in [0.1, 0.15) is 70.2 Å². The predicted octanol–water partition coefficient (Wildman–Crippen LogP) is 7.99. The van der Waals surface area contributed by atoms with Crippen molar-refractivity contribution in [3.05, 3.63) is 130 Å². The van der Waals surface area contributed by atoms with Crippen molar-refractivity contribution in [2.75, 3.05) is 6.61 Å². The first-order chi connectivity index (χ1) is 26.5. The monoisotopic (exact) mass is 773 g/mol. The lowest BCUT2D eigenvalue weighted by molar-refractivity contribution is -0.140. The summed E-state index contributed by atoms with van der Waals surface area (Å²) in [6, 6.07) is 32.3. The number of benzene rings is 3. The second-order valence-corrected chi connectivity index (χ2v) is 21.6. The Morgan fingerprint density at radius 3 is 2.27 bits per heavy atom. The summed E-state index contributed by atoms with van der Waals surface area (Å²) in [5, 5.41) is 25.5. The van der Waals surface area contributed by atoms with Crippen LogP contribution in [0.25, 0.3) is 6.08 Å². The van der Waals surface area contributed by atoms with Gasteiger partial charge in [-0.3, -0.25) is 14.5 Å². The molecule has 2 N–H and O–H groups in total. The third-order valence-electron chi connectivity index (χ3n) is 11.7. The molecule has 55 heavy (non-hydrogen) atoms. The number of nitrogens with zero attached hydrogens (tertiary/aromatic N) is 1. The number of hydrogen-bond acceptors (Lipinski definition) is 7. The molecule has 10 heteroatoms. The van der Waals surface area contributed by atoms with Gasteiger partial charge in [0.25, 0.3) is 8.32 Å². The van der Waals surface area contributed by atoms with Gasteiger partial charge in [-0.15, -0.1) is 11.3 Å². The molecule has 4 atom stereocenters. The van der Waals surface area contributed by atoms with E-state index < -0.39 is 33.4 Å². The molecule has 7 nitrogen and oxygen atoms in total. The maximum atomic E-state index is 14.4. The zero-order chi connectivity index (χ0) is 38.7. The highest BCUT2D eigenvalue weighted by atomic mass is 32.1. The molecule has 0 unspecified atom stereocenters. The second-order valence-electron chi connectivity index (χ2n) is 16.3. The van der Waals surface area contributed by atoms with E-state index >= 15 is 0 Å². The number of likely N-dealkylation sites (tertiary alicyclic amines) is 1. The van der Waals surface area contributed by atoms with Gasteiger partial charge < -0.3 is 19.2 Å². The molecule has 2 amide bonds. The molecule has 0 radical (unpaired) electrons. The molecule has 286 valence electrons. The molecule has 7 rings (SSSR count). The van der Waals surface area contributed by atoms with Crippen LogP contribution >= 0.6 is 11.3 Å². The van der Waals surface area contributed by atoms with Crippen LogP contribution in [0.4, 0.5) is 0 Å². The van der Waals surface area contributed by atoms with E-state index in [9.17, 15) is 19.7 Å². The number of hydrogen-bond donors (Lipinski definition) is 2. The van der Waals surface area contributed by atoms with E-state index in [0.717, 1.165) is 34.4 Å². The number of phenols is 1. The number of imide groups is 1. The molecule has 0 bridgehead atoms. The molecule has 0 spiro atoms. The zero-order valence-electron chi connectivity index (χ0n) is 32.3. The van der Waals surface area contributed by atoms with Crippen LogP contribution in [0.2, 0.25) is 11.4 Å². The highest BCUT2D eigenvalue weighted by molar-refractivity contribution is 7.09. The van der Waals surface area contributed by atoms with Crippen molar-refractivity contribution in [1.29, 1.82) is 0 Å². The van der Waals surface area contributed by atoms with Crippen LogP contribution in [0.5, 0.6) is 5.75 Å². The summed E-state index contributed by atoms with van der Waals surface area (Å²) in [6.07, 6.45) is 5.51. The first-order valence-corrected chi connectivity index (χ1v) is 22.5. The Labute approximate surface area is 331 Å². The Balaban J connectivity index is 1.30. The Bertz CT molecular complexity index is 1990. The van der Waals surface area contributed by atoms with Crippen LogP contribution in [0, 0.1) is 17.8 Å². The van der Waals surface area contributed by atoms with Crippen molar-refractivity contribution >= 4 is 55.0 Å². The predicted molar refractivity (Wildman–Crippen MR) is 223 cm³/mol. The van der Waals surface area contributed by atoms with Gasteiger partial charge in [-0.1, -0.05) is 125 Å². The van der Waals surface area contributed by atoms with Gasteiger partial charge in [-0.2, -0.15) is 0 Å². The van der Waals surface area contributed by atoms with Crippen LogP contribution in [0.15, 0.2) is 119 Å². The van der Waals surface area contributed by atoms with Crippen LogP contribution in [0.3, 0.4) is 0 Å². The standard InChI is InChI=1S/C45H52BNO6SSi/c1-5-14-31(25-32-15-12-16-34(48)26-32)22-23-40-41-33(30-52-55(45(2,3)4,36-18-8-6-9-19-36)37-20-10-7-11-21-37)27-38-42(39(41)28-46(51)53-40)44(50)47(43(38)49)29-35-17-13-24-54-35/h6-13,15-21,24-26,38-40,42,48,51H,5,14,22-23,27-30H2,1-4H3/b31-25+/t38-,39+,40-,42-/m1/s1. The maximum absolute atomic E-state index is 14.4. The first kappa shape index (κ1) is 39.2. The fourth-order valence-corrected chi connectivity index (χ4v) is 14.6. The molecule has 2 fully saturated rings. The minimum atomic E-state index is -2.96. The van der Waals surface area contributed by atoms with Crippen molar-refractivity contribution in [2.45, 2.75) is 83.8 Å². The molecular formula is C45H52BNO6SSi. The number of rotatable bonds is 13. The molecule has 4 aromatic rings. The minimum absolute atomic E-state index is 0.137. The summed E-state index contributed by atoms with van der Waals surface area (Å²) in [6.45, 7) is 9.49. The molecule has 3 aromatic carbocycles. The summed E-state index contributed by atoms with van der Waals surface area (Å²) in [5.41, 5.74) is 4.20.